The molecule has 0 aliphatic heterocycles. The van der Waals surface area contributed by atoms with E-state index in [0.29, 0.717) is 5.95 Å². The van der Waals surface area contributed by atoms with Crippen LogP contribution in [-0.2, 0) is 6.54 Å². The molecular formula is C15H19N5. The smallest absolute Gasteiger partial charge is 0.207 e. The van der Waals surface area contributed by atoms with Crippen molar-refractivity contribution in [3.8, 4) is 5.69 Å². The highest BCUT2D eigenvalue weighted by Crippen LogP contribution is 2.26. The van der Waals surface area contributed by atoms with E-state index in [0.717, 1.165) is 29.1 Å². The lowest BCUT2D eigenvalue weighted by molar-refractivity contribution is 0.663. The van der Waals surface area contributed by atoms with Crippen LogP contribution in [0.2, 0.25) is 0 Å². The van der Waals surface area contributed by atoms with Crippen LogP contribution in [0.4, 0.5) is 5.95 Å². The number of fused-ring (bicyclic) bond motifs is 1. The number of nitrogens with two attached hydrogens (primary N) is 1. The van der Waals surface area contributed by atoms with E-state index in [1.807, 2.05) is 16.2 Å². The summed E-state index contributed by atoms with van der Waals surface area (Å²) >= 11 is 0. The summed E-state index contributed by atoms with van der Waals surface area (Å²) in [4.78, 5) is 4.47. The van der Waals surface area contributed by atoms with E-state index in [-0.39, 0.29) is 0 Å². The van der Waals surface area contributed by atoms with Gasteiger partial charge in [0.25, 0.3) is 0 Å². The molecule has 0 aliphatic carbocycles. The predicted octanol–water partition coefficient (Wildman–Crippen LogP) is 2.75. The van der Waals surface area contributed by atoms with Crippen molar-refractivity contribution in [3.63, 3.8) is 0 Å². The maximum atomic E-state index is 6.13. The van der Waals surface area contributed by atoms with Crippen molar-refractivity contribution >= 4 is 17.1 Å². The second-order valence-electron chi connectivity index (χ2n) is 5.22. The van der Waals surface area contributed by atoms with Gasteiger partial charge < -0.3 is 5.73 Å². The Hall–Kier alpha value is -2.30. The first-order valence-corrected chi connectivity index (χ1v) is 6.81. The van der Waals surface area contributed by atoms with E-state index in [1.165, 1.54) is 11.1 Å². The lowest BCUT2D eigenvalue weighted by Gasteiger charge is -2.10. The van der Waals surface area contributed by atoms with E-state index < -0.39 is 0 Å². The van der Waals surface area contributed by atoms with Gasteiger partial charge in [0, 0.05) is 6.54 Å². The van der Waals surface area contributed by atoms with Crippen LogP contribution in [0.5, 0.6) is 0 Å². The van der Waals surface area contributed by atoms with Crippen molar-refractivity contribution in [2.24, 2.45) is 0 Å². The molecule has 0 amide bonds. The third-order valence-electron chi connectivity index (χ3n) is 3.50. The second kappa shape index (κ2) is 4.37. The molecule has 0 saturated carbocycles. The van der Waals surface area contributed by atoms with Crippen LogP contribution in [0.3, 0.4) is 0 Å². The molecule has 0 bridgehead atoms. The van der Waals surface area contributed by atoms with Gasteiger partial charge >= 0.3 is 0 Å². The van der Waals surface area contributed by atoms with Gasteiger partial charge in [-0.3, -0.25) is 4.57 Å². The zero-order valence-corrected chi connectivity index (χ0v) is 12.3. The summed E-state index contributed by atoms with van der Waals surface area (Å²) < 4.78 is 3.94. The van der Waals surface area contributed by atoms with Gasteiger partial charge in [-0.1, -0.05) is 6.07 Å². The summed E-state index contributed by atoms with van der Waals surface area (Å²) in [6.07, 6.45) is 0. The van der Waals surface area contributed by atoms with Gasteiger partial charge in [0.2, 0.25) is 5.95 Å². The molecule has 0 fully saturated rings. The molecule has 2 N–H and O–H groups in total. The molecule has 104 valence electrons. The lowest BCUT2D eigenvalue weighted by atomic mass is 10.1. The van der Waals surface area contributed by atoms with Gasteiger partial charge in [0.05, 0.1) is 11.4 Å². The molecule has 5 heteroatoms. The molecule has 0 unspecified atom stereocenters. The van der Waals surface area contributed by atoms with Crippen molar-refractivity contribution in [2.75, 3.05) is 5.73 Å². The minimum Gasteiger partial charge on any atom is -0.369 e. The van der Waals surface area contributed by atoms with Crippen LogP contribution in [0.25, 0.3) is 16.9 Å². The topological polar surface area (TPSA) is 61.7 Å². The van der Waals surface area contributed by atoms with Crippen LogP contribution in [0.15, 0.2) is 18.2 Å². The predicted molar refractivity (Wildman–Crippen MR) is 81.2 cm³/mol. The number of imidazole rings is 1. The fourth-order valence-corrected chi connectivity index (χ4v) is 2.74. The Morgan fingerprint density at radius 1 is 1.10 bits per heavy atom. The SMILES string of the molecule is CCn1nc(C)c2nc(N)n(-c3cc(C)cc(C)c3)c21. The summed E-state index contributed by atoms with van der Waals surface area (Å²) in [5.41, 5.74) is 12.3. The normalized spacial score (nSPS) is 11.4. The zero-order chi connectivity index (χ0) is 14.4. The standard InChI is InChI=1S/C15H19N5/c1-5-19-14-13(11(4)18-19)17-15(16)20(14)12-7-9(2)6-10(3)8-12/h6-8H,5H2,1-4H3,(H2,16,17). The second-order valence-corrected chi connectivity index (χ2v) is 5.22. The number of nitrogens with zero attached hydrogens (tertiary/aromatic N) is 4. The molecule has 0 radical (unpaired) electrons. The fraction of sp³-hybridized carbons (Fsp3) is 0.333. The Morgan fingerprint density at radius 3 is 2.35 bits per heavy atom. The Kier molecular flexibility index (Phi) is 2.78. The number of hydrogen-bond donors (Lipinski definition) is 1. The molecule has 0 saturated heterocycles. The number of nitrogen functional groups attached to an aromatic ring is 1. The molecule has 2 aromatic heterocycles. The number of aromatic nitrogens is 4. The first-order chi connectivity index (χ1) is 9.51. The van der Waals surface area contributed by atoms with Crippen molar-refractivity contribution < 1.29 is 0 Å². The van der Waals surface area contributed by atoms with Crippen LogP contribution >= 0.6 is 0 Å². The van der Waals surface area contributed by atoms with Crippen molar-refractivity contribution in [2.45, 2.75) is 34.2 Å². The molecule has 20 heavy (non-hydrogen) atoms. The maximum absolute atomic E-state index is 6.13. The number of hydrogen-bond acceptors (Lipinski definition) is 3. The molecule has 0 spiro atoms. The Labute approximate surface area is 118 Å². The third kappa shape index (κ3) is 1.78. The highest BCUT2D eigenvalue weighted by molar-refractivity contribution is 5.80. The molecule has 3 aromatic rings. The molecule has 5 nitrogen and oxygen atoms in total. The molecule has 1 aromatic carbocycles. The number of benzene rings is 1. The number of rotatable bonds is 2. The Morgan fingerprint density at radius 2 is 1.75 bits per heavy atom. The van der Waals surface area contributed by atoms with Crippen molar-refractivity contribution in [3.05, 3.63) is 35.0 Å². The molecule has 2 heterocycles. The van der Waals surface area contributed by atoms with Crippen LogP contribution in [-0.4, -0.2) is 19.3 Å². The Balaban J connectivity index is 2.37. The summed E-state index contributed by atoms with van der Waals surface area (Å²) in [7, 11) is 0. The molecule has 0 atom stereocenters. The van der Waals surface area contributed by atoms with E-state index in [9.17, 15) is 0 Å². The first-order valence-electron chi connectivity index (χ1n) is 6.81. The fourth-order valence-electron chi connectivity index (χ4n) is 2.74. The minimum absolute atomic E-state index is 0.507. The zero-order valence-electron chi connectivity index (χ0n) is 12.3. The van der Waals surface area contributed by atoms with Gasteiger partial charge in [-0.25, -0.2) is 9.67 Å². The lowest BCUT2D eigenvalue weighted by Crippen LogP contribution is -2.07. The Bertz CT molecular complexity index is 774. The monoisotopic (exact) mass is 269 g/mol. The first kappa shape index (κ1) is 12.7. The van der Waals surface area contributed by atoms with Gasteiger partial charge in [-0.15, -0.1) is 0 Å². The summed E-state index contributed by atoms with van der Waals surface area (Å²) in [5.74, 6) is 0.507. The van der Waals surface area contributed by atoms with Crippen molar-refractivity contribution in [1.82, 2.24) is 19.3 Å². The van der Waals surface area contributed by atoms with E-state index in [1.54, 1.807) is 0 Å². The quantitative estimate of drug-likeness (QED) is 0.778. The largest absolute Gasteiger partial charge is 0.369 e. The summed E-state index contributed by atoms with van der Waals surface area (Å²) in [6, 6.07) is 6.38. The third-order valence-corrected chi connectivity index (χ3v) is 3.50. The van der Waals surface area contributed by atoms with Gasteiger partial charge in [0.15, 0.2) is 5.65 Å². The van der Waals surface area contributed by atoms with Gasteiger partial charge in [-0.2, -0.15) is 5.10 Å². The van der Waals surface area contributed by atoms with Crippen LogP contribution < -0.4 is 5.73 Å². The highest BCUT2D eigenvalue weighted by Gasteiger charge is 2.18. The number of anilines is 1. The van der Waals surface area contributed by atoms with E-state index in [4.69, 9.17) is 5.73 Å². The van der Waals surface area contributed by atoms with E-state index >= 15 is 0 Å². The molecular weight excluding hydrogens is 250 g/mol. The minimum atomic E-state index is 0.507. The average molecular weight is 269 g/mol. The highest BCUT2D eigenvalue weighted by atomic mass is 15.4. The molecule has 3 rings (SSSR count). The van der Waals surface area contributed by atoms with Gasteiger partial charge in [-0.05, 0) is 51.0 Å². The summed E-state index contributed by atoms with van der Waals surface area (Å²) in [5, 5.41) is 4.52. The van der Waals surface area contributed by atoms with Crippen molar-refractivity contribution in [1.29, 1.82) is 0 Å². The van der Waals surface area contributed by atoms with Crippen LogP contribution in [0, 0.1) is 20.8 Å². The number of aryl methyl sites for hydroxylation is 4. The van der Waals surface area contributed by atoms with E-state index in [2.05, 4.69) is 49.1 Å². The summed E-state index contributed by atoms with van der Waals surface area (Å²) in [6.45, 7) is 9.00. The van der Waals surface area contributed by atoms with Gasteiger partial charge in [0.1, 0.15) is 5.52 Å². The molecule has 0 aliphatic rings. The van der Waals surface area contributed by atoms with Crippen LogP contribution in [0.1, 0.15) is 23.7 Å². The maximum Gasteiger partial charge on any atom is 0.207 e. The average Bonchev–Trinajstić information content (AvgIpc) is 2.85.